The number of halogens is 1. The van der Waals surface area contributed by atoms with Gasteiger partial charge in [0.2, 0.25) is 5.88 Å². The van der Waals surface area contributed by atoms with Crippen molar-refractivity contribution in [1.29, 1.82) is 0 Å². The summed E-state index contributed by atoms with van der Waals surface area (Å²) < 4.78 is 40.9. The molecule has 1 aromatic heterocycles. The third-order valence-corrected chi connectivity index (χ3v) is 8.15. The van der Waals surface area contributed by atoms with E-state index in [0.717, 1.165) is 27.8 Å². The molecular formula is C25H24ClN3O4S. The van der Waals surface area contributed by atoms with Crippen molar-refractivity contribution in [3.8, 4) is 17.0 Å². The van der Waals surface area contributed by atoms with Crippen LogP contribution in [0.3, 0.4) is 0 Å². The van der Waals surface area contributed by atoms with Crippen molar-refractivity contribution in [3.05, 3.63) is 76.4 Å². The SMILES string of the molecule is COc1ccc(-c2ccc3c(c2)/C=C\c2cc(Cl)ccc2N(S(=O)(=O)N2CCOCC2)C3)cn1. The molecule has 2 aromatic carbocycles. The van der Waals surface area contributed by atoms with Gasteiger partial charge in [-0.2, -0.15) is 12.7 Å². The number of rotatable bonds is 4. The van der Waals surface area contributed by atoms with Crippen molar-refractivity contribution in [1.82, 2.24) is 9.29 Å². The minimum Gasteiger partial charge on any atom is -0.481 e. The average Bonchev–Trinajstić information content (AvgIpc) is 2.86. The summed E-state index contributed by atoms with van der Waals surface area (Å²) in [7, 11) is -2.20. The van der Waals surface area contributed by atoms with Crippen LogP contribution >= 0.6 is 11.6 Å². The van der Waals surface area contributed by atoms with E-state index in [1.165, 1.54) is 8.61 Å². The van der Waals surface area contributed by atoms with Crippen LogP contribution in [0.25, 0.3) is 23.3 Å². The Labute approximate surface area is 204 Å². The summed E-state index contributed by atoms with van der Waals surface area (Å²) in [5.74, 6) is 0.548. The fourth-order valence-electron chi connectivity index (χ4n) is 4.17. The van der Waals surface area contributed by atoms with Crippen LogP contribution in [0.2, 0.25) is 5.02 Å². The molecule has 176 valence electrons. The van der Waals surface area contributed by atoms with Gasteiger partial charge in [0.15, 0.2) is 0 Å². The highest BCUT2D eigenvalue weighted by atomic mass is 35.5. The lowest BCUT2D eigenvalue weighted by Crippen LogP contribution is -2.48. The maximum absolute atomic E-state index is 13.7. The third-order valence-electron chi connectivity index (χ3n) is 6.01. The van der Waals surface area contributed by atoms with Gasteiger partial charge in [-0.25, -0.2) is 4.98 Å². The largest absolute Gasteiger partial charge is 0.481 e. The predicted octanol–water partition coefficient (Wildman–Crippen LogP) is 4.48. The number of benzene rings is 2. The van der Waals surface area contributed by atoms with Crippen molar-refractivity contribution in [2.75, 3.05) is 37.7 Å². The average molecular weight is 498 g/mol. The summed E-state index contributed by atoms with van der Waals surface area (Å²) in [6, 6.07) is 15.0. The van der Waals surface area contributed by atoms with Crippen molar-refractivity contribution >= 4 is 39.6 Å². The van der Waals surface area contributed by atoms with E-state index >= 15 is 0 Å². The van der Waals surface area contributed by atoms with Crippen LogP contribution in [0.4, 0.5) is 5.69 Å². The molecule has 2 aliphatic rings. The first-order valence-corrected chi connectivity index (χ1v) is 12.7. The minimum atomic E-state index is -3.78. The molecule has 2 aliphatic heterocycles. The molecular weight excluding hydrogens is 474 g/mol. The molecule has 0 spiro atoms. The molecule has 0 atom stereocenters. The van der Waals surface area contributed by atoms with Crippen molar-refractivity contribution in [3.63, 3.8) is 0 Å². The van der Waals surface area contributed by atoms with Gasteiger partial charge >= 0.3 is 10.2 Å². The highest BCUT2D eigenvalue weighted by Crippen LogP contribution is 2.35. The number of aromatic nitrogens is 1. The van der Waals surface area contributed by atoms with Gasteiger partial charge in [0.25, 0.3) is 0 Å². The summed E-state index contributed by atoms with van der Waals surface area (Å²) in [6.07, 6.45) is 5.68. The molecule has 0 saturated carbocycles. The third kappa shape index (κ3) is 4.42. The molecule has 0 radical (unpaired) electrons. The Balaban J connectivity index is 1.59. The van der Waals surface area contributed by atoms with Gasteiger partial charge in [-0.15, -0.1) is 0 Å². The van der Waals surface area contributed by atoms with E-state index < -0.39 is 10.2 Å². The summed E-state index contributed by atoms with van der Waals surface area (Å²) in [4.78, 5) is 4.30. The quantitative estimate of drug-likeness (QED) is 0.531. The number of pyridine rings is 1. The monoisotopic (exact) mass is 497 g/mol. The highest BCUT2D eigenvalue weighted by Gasteiger charge is 2.33. The van der Waals surface area contributed by atoms with Gasteiger partial charge in [0, 0.05) is 41.5 Å². The van der Waals surface area contributed by atoms with Crippen LogP contribution in [0.15, 0.2) is 54.7 Å². The molecule has 5 rings (SSSR count). The van der Waals surface area contributed by atoms with Crippen LogP contribution in [0, 0.1) is 0 Å². The molecule has 0 aliphatic carbocycles. The summed E-state index contributed by atoms with van der Waals surface area (Å²) in [5, 5.41) is 0.547. The smallest absolute Gasteiger partial charge is 0.304 e. The van der Waals surface area contributed by atoms with E-state index in [0.29, 0.717) is 42.9 Å². The van der Waals surface area contributed by atoms with E-state index in [-0.39, 0.29) is 6.54 Å². The standard InChI is InChI=1S/C25H24ClN3O4S/c1-32-25-9-6-21(16-27-25)18-3-5-22-17-29(34(30,31)28-10-12-33-13-11-28)24-8-7-23(26)15-20(24)4-2-19(22)14-18/h2-9,14-16H,10-13,17H2,1H3/b4-2-. The van der Waals surface area contributed by atoms with Gasteiger partial charge in [0.05, 0.1) is 32.6 Å². The van der Waals surface area contributed by atoms with Crippen LogP contribution in [-0.2, 0) is 21.5 Å². The second-order valence-corrected chi connectivity index (χ2v) is 10.4. The van der Waals surface area contributed by atoms with Crippen molar-refractivity contribution < 1.29 is 17.9 Å². The molecule has 0 bridgehead atoms. The minimum absolute atomic E-state index is 0.204. The number of ether oxygens (including phenoxy) is 2. The Bertz CT molecular complexity index is 1340. The van der Waals surface area contributed by atoms with E-state index in [1.807, 2.05) is 42.5 Å². The maximum atomic E-state index is 13.7. The van der Waals surface area contributed by atoms with Gasteiger partial charge in [-0.1, -0.05) is 35.9 Å². The first-order valence-electron chi connectivity index (χ1n) is 10.9. The molecule has 3 aromatic rings. The zero-order valence-corrected chi connectivity index (χ0v) is 20.2. The number of hydrogen-bond donors (Lipinski definition) is 0. The topological polar surface area (TPSA) is 72.0 Å². The van der Waals surface area contributed by atoms with Crippen LogP contribution in [-0.4, -0.2) is 51.1 Å². The molecule has 3 heterocycles. The number of fused-ring (bicyclic) bond motifs is 2. The summed E-state index contributed by atoms with van der Waals surface area (Å²) >= 11 is 6.27. The van der Waals surface area contributed by atoms with Gasteiger partial charge in [-0.05, 0) is 47.0 Å². The van der Waals surface area contributed by atoms with Crippen LogP contribution < -0.4 is 9.04 Å². The zero-order valence-electron chi connectivity index (χ0n) is 18.6. The van der Waals surface area contributed by atoms with Crippen molar-refractivity contribution in [2.45, 2.75) is 6.54 Å². The highest BCUT2D eigenvalue weighted by molar-refractivity contribution is 7.90. The van der Waals surface area contributed by atoms with Crippen LogP contribution in [0.5, 0.6) is 5.88 Å². The second kappa shape index (κ2) is 9.38. The Morgan fingerprint density at radius 1 is 0.971 bits per heavy atom. The Morgan fingerprint density at radius 3 is 2.47 bits per heavy atom. The Kier molecular flexibility index (Phi) is 6.31. The molecule has 0 amide bonds. The second-order valence-electron chi connectivity index (χ2n) is 8.07. The summed E-state index contributed by atoms with van der Waals surface area (Å²) in [6.45, 7) is 1.63. The van der Waals surface area contributed by atoms with Crippen LogP contribution in [0.1, 0.15) is 16.7 Å². The normalized spacial score (nSPS) is 17.3. The lowest BCUT2D eigenvalue weighted by molar-refractivity contribution is 0.0729. The first kappa shape index (κ1) is 22.9. The van der Waals surface area contributed by atoms with E-state index in [9.17, 15) is 8.42 Å². The zero-order chi connectivity index (χ0) is 23.7. The number of morpholine rings is 1. The van der Waals surface area contributed by atoms with Gasteiger partial charge in [0.1, 0.15) is 0 Å². The lowest BCUT2D eigenvalue weighted by Gasteiger charge is -2.35. The van der Waals surface area contributed by atoms with E-state index in [1.54, 1.807) is 31.5 Å². The van der Waals surface area contributed by atoms with Crippen molar-refractivity contribution in [2.24, 2.45) is 0 Å². The first-order chi connectivity index (χ1) is 16.5. The van der Waals surface area contributed by atoms with Gasteiger partial charge < -0.3 is 9.47 Å². The van der Waals surface area contributed by atoms with E-state index in [2.05, 4.69) is 4.98 Å². The fourth-order valence-corrected chi connectivity index (χ4v) is 5.96. The number of anilines is 1. The molecule has 1 fully saturated rings. The Morgan fingerprint density at radius 2 is 1.74 bits per heavy atom. The molecule has 34 heavy (non-hydrogen) atoms. The molecule has 0 unspecified atom stereocenters. The predicted molar refractivity (Wildman–Crippen MR) is 134 cm³/mol. The molecule has 1 saturated heterocycles. The maximum Gasteiger partial charge on any atom is 0.304 e. The lowest BCUT2D eigenvalue weighted by atomic mass is 9.97. The van der Waals surface area contributed by atoms with Gasteiger partial charge in [-0.3, -0.25) is 4.31 Å². The van der Waals surface area contributed by atoms with E-state index in [4.69, 9.17) is 21.1 Å². The number of methoxy groups -OCH3 is 1. The molecule has 0 N–H and O–H groups in total. The number of nitrogens with zero attached hydrogens (tertiary/aromatic N) is 3. The number of hydrogen-bond acceptors (Lipinski definition) is 5. The molecule has 9 heteroatoms. The Hall–Kier alpha value is -2.91. The summed E-state index contributed by atoms with van der Waals surface area (Å²) in [5.41, 5.74) is 5.10. The molecule has 7 nitrogen and oxygen atoms in total. The fraction of sp³-hybridized carbons (Fsp3) is 0.240.